The second kappa shape index (κ2) is 8.34. The third kappa shape index (κ3) is 3.72. The fraction of sp³-hybridized carbons (Fsp3) is 0.435. The van der Waals surface area contributed by atoms with Gasteiger partial charge < -0.3 is 14.5 Å². The van der Waals surface area contributed by atoms with Crippen molar-refractivity contribution in [2.75, 3.05) is 42.6 Å². The van der Waals surface area contributed by atoms with Crippen molar-refractivity contribution in [3.63, 3.8) is 0 Å². The molecule has 1 aliphatic rings. The van der Waals surface area contributed by atoms with Crippen LogP contribution in [0.4, 0.5) is 11.4 Å². The molecular formula is C23H29N5O2. The summed E-state index contributed by atoms with van der Waals surface area (Å²) in [5.41, 5.74) is 5.58. The van der Waals surface area contributed by atoms with E-state index in [-0.39, 0.29) is 5.97 Å². The molecule has 0 atom stereocenters. The Balaban J connectivity index is 1.71. The smallest absolute Gasteiger partial charge is 0.341 e. The summed E-state index contributed by atoms with van der Waals surface area (Å²) in [5, 5.41) is 5.49. The monoisotopic (exact) mass is 407 g/mol. The van der Waals surface area contributed by atoms with Crippen molar-refractivity contribution in [2.45, 2.75) is 27.2 Å². The minimum Gasteiger partial charge on any atom is -0.462 e. The minimum absolute atomic E-state index is 0.329. The number of esters is 1. The molecule has 2 aromatic heterocycles. The molecule has 158 valence electrons. The molecule has 1 fully saturated rings. The fourth-order valence-electron chi connectivity index (χ4n) is 4.23. The molecule has 1 saturated heterocycles. The molecule has 0 spiro atoms. The number of fused-ring (bicyclic) bond motifs is 1. The van der Waals surface area contributed by atoms with E-state index in [1.54, 1.807) is 10.9 Å². The first-order valence-electron chi connectivity index (χ1n) is 10.6. The van der Waals surface area contributed by atoms with Gasteiger partial charge in [0.1, 0.15) is 5.56 Å². The predicted molar refractivity (Wildman–Crippen MR) is 119 cm³/mol. The highest BCUT2D eigenvalue weighted by atomic mass is 16.5. The van der Waals surface area contributed by atoms with Crippen molar-refractivity contribution in [1.82, 2.24) is 14.8 Å². The molecule has 0 unspecified atom stereocenters. The number of anilines is 2. The summed E-state index contributed by atoms with van der Waals surface area (Å²) in [6.07, 6.45) is 2.64. The van der Waals surface area contributed by atoms with Crippen molar-refractivity contribution in [3.8, 4) is 0 Å². The Morgan fingerprint density at radius 3 is 2.50 bits per heavy atom. The number of aryl methyl sites for hydroxylation is 3. The fourth-order valence-corrected chi connectivity index (χ4v) is 4.23. The van der Waals surface area contributed by atoms with E-state index < -0.39 is 0 Å². The lowest BCUT2D eigenvalue weighted by molar-refractivity contribution is 0.0527. The molecule has 0 saturated carbocycles. The van der Waals surface area contributed by atoms with E-state index in [2.05, 4.69) is 51.1 Å². The molecule has 7 nitrogen and oxygen atoms in total. The zero-order valence-electron chi connectivity index (χ0n) is 18.2. The van der Waals surface area contributed by atoms with Gasteiger partial charge in [-0.1, -0.05) is 17.7 Å². The highest BCUT2D eigenvalue weighted by molar-refractivity contribution is 6.05. The van der Waals surface area contributed by atoms with E-state index in [0.29, 0.717) is 12.2 Å². The second-order valence-corrected chi connectivity index (χ2v) is 7.81. The maximum Gasteiger partial charge on any atom is 0.341 e. The normalized spacial score (nSPS) is 14.8. The molecule has 1 aromatic carbocycles. The van der Waals surface area contributed by atoms with Gasteiger partial charge in [0.25, 0.3) is 0 Å². The topological polar surface area (TPSA) is 63.5 Å². The summed E-state index contributed by atoms with van der Waals surface area (Å²) in [5.74, 6) is -0.329. The molecule has 0 amide bonds. The number of pyridine rings is 1. The highest BCUT2D eigenvalue weighted by Gasteiger charge is 2.26. The van der Waals surface area contributed by atoms with Gasteiger partial charge in [-0.2, -0.15) is 5.10 Å². The van der Waals surface area contributed by atoms with Crippen LogP contribution in [-0.4, -0.2) is 53.5 Å². The predicted octanol–water partition coefficient (Wildman–Crippen LogP) is 3.48. The number of benzene rings is 1. The summed E-state index contributed by atoms with van der Waals surface area (Å²) >= 11 is 0. The molecule has 0 aliphatic carbocycles. The summed E-state index contributed by atoms with van der Waals surface area (Å²) in [6, 6.07) is 8.68. The van der Waals surface area contributed by atoms with Gasteiger partial charge in [-0.05, 0) is 39.3 Å². The number of carbonyl (C=O) groups is 1. The maximum absolute atomic E-state index is 12.7. The number of carbonyl (C=O) groups excluding carboxylic acids is 1. The van der Waals surface area contributed by atoms with E-state index in [4.69, 9.17) is 4.74 Å². The SMILES string of the molecule is CCOC(=O)c1cnc2c(c(C)nn2C)c1N1CCCN(c2ccc(C)cc2)CC1. The van der Waals surface area contributed by atoms with Crippen molar-refractivity contribution in [3.05, 3.63) is 47.3 Å². The van der Waals surface area contributed by atoms with Crippen LogP contribution >= 0.6 is 0 Å². The van der Waals surface area contributed by atoms with Gasteiger partial charge in [-0.25, -0.2) is 9.78 Å². The van der Waals surface area contributed by atoms with Crippen molar-refractivity contribution in [2.24, 2.45) is 7.05 Å². The summed E-state index contributed by atoms with van der Waals surface area (Å²) in [7, 11) is 1.89. The van der Waals surface area contributed by atoms with E-state index in [1.807, 2.05) is 20.9 Å². The third-order valence-electron chi connectivity index (χ3n) is 5.71. The first kappa shape index (κ1) is 20.2. The van der Waals surface area contributed by atoms with Gasteiger partial charge in [0.05, 0.1) is 23.4 Å². The molecule has 0 radical (unpaired) electrons. The van der Waals surface area contributed by atoms with Crippen LogP contribution < -0.4 is 9.80 Å². The summed E-state index contributed by atoms with van der Waals surface area (Å²) in [6.45, 7) is 9.78. The average Bonchev–Trinajstić information content (AvgIpc) is 2.90. The lowest BCUT2D eigenvalue weighted by Gasteiger charge is -2.27. The average molecular weight is 408 g/mol. The van der Waals surface area contributed by atoms with E-state index in [0.717, 1.165) is 55.0 Å². The van der Waals surface area contributed by atoms with Crippen LogP contribution in [0.3, 0.4) is 0 Å². The molecular weight excluding hydrogens is 378 g/mol. The molecule has 3 heterocycles. The summed E-state index contributed by atoms with van der Waals surface area (Å²) < 4.78 is 7.12. The Bertz CT molecular complexity index is 1060. The van der Waals surface area contributed by atoms with Gasteiger partial charge in [0.15, 0.2) is 5.65 Å². The van der Waals surface area contributed by atoms with Crippen molar-refractivity contribution in [1.29, 1.82) is 0 Å². The second-order valence-electron chi connectivity index (χ2n) is 7.81. The molecule has 0 N–H and O–H groups in total. The molecule has 3 aromatic rings. The zero-order valence-corrected chi connectivity index (χ0v) is 18.2. The Morgan fingerprint density at radius 1 is 1.07 bits per heavy atom. The number of hydrogen-bond acceptors (Lipinski definition) is 6. The number of nitrogens with zero attached hydrogens (tertiary/aromatic N) is 5. The lowest BCUT2D eigenvalue weighted by Crippen LogP contribution is -2.32. The standard InChI is InChI=1S/C23H29N5O2/c1-5-30-23(29)19-15-24-22-20(17(3)25-26(22)4)21(19)28-12-6-11-27(13-14-28)18-9-7-16(2)8-10-18/h7-10,15H,5-6,11-14H2,1-4H3. The Kier molecular flexibility index (Phi) is 5.61. The van der Waals surface area contributed by atoms with Gasteiger partial charge in [-0.3, -0.25) is 4.68 Å². The lowest BCUT2D eigenvalue weighted by atomic mass is 10.1. The van der Waals surface area contributed by atoms with Crippen molar-refractivity contribution >= 4 is 28.4 Å². The molecule has 7 heteroatoms. The third-order valence-corrected chi connectivity index (χ3v) is 5.71. The Morgan fingerprint density at radius 2 is 1.77 bits per heavy atom. The van der Waals surface area contributed by atoms with Gasteiger partial charge in [0, 0.05) is 45.1 Å². The van der Waals surface area contributed by atoms with Crippen LogP contribution in [0, 0.1) is 13.8 Å². The van der Waals surface area contributed by atoms with Crippen LogP contribution in [-0.2, 0) is 11.8 Å². The minimum atomic E-state index is -0.329. The van der Waals surface area contributed by atoms with E-state index >= 15 is 0 Å². The van der Waals surface area contributed by atoms with E-state index in [1.165, 1.54) is 11.3 Å². The molecule has 1 aliphatic heterocycles. The van der Waals surface area contributed by atoms with Crippen LogP contribution in [0.2, 0.25) is 0 Å². The van der Waals surface area contributed by atoms with Crippen molar-refractivity contribution < 1.29 is 9.53 Å². The summed E-state index contributed by atoms with van der Waals surface area (Å²) in [4.78, 5) is 22.0. The van der Waals surface area contributed by atoms with Crippen LogP contribution in [0.1, 0.15) is 35.0 Å². The van der Waals surface area contributed by atoms with Gasteiger partial charge in [0.2, 0.25) is 0 Å². The van der Waals surface area contributed by atoms with E-state index in [9.17, 15) is 4.79 Å². The number of ether oxygens (including phenoxy) is 1. The quantitative estimate of drug-likeness (QED) is 0.617. The molecule has 4 rings (SSSR count). The van der Waals surface area contributed by atoms with Crippen LogP contribution in [0.15, 0.2) is 30.5 Å². The number of rotatable bonds is 4. The maximum atomic E-state index is 12.7. The first-order valence-corrected chi connectivity index (χ1v) is 10.6. The van der Waals surface area contributed by atoms with Gasteiger partial charge >= 0.3 is 5.97 Å². The van der Waals surface area contributed by atoms with Gasteiger partial charge in [-0.15, -0.1) is 0 Å². The van der Waals surface area contributed by atoms with Crippen LogP contribution in [0.25, 0.3) is 11.0 Å². The highest BCUT2D eigenvalue weighted by Crippen LogP contribution is 2.33. The Labute approximate surface area is 177 Å². The molecule has 0 bridgehead atoms. The zero-order chi connectivity index (χ0) is 21.3. The Hall–Kier alpha value is -3.09. The first-order chi connectivity index (χ1) is 14.5. The number of hydrogen-bond donors (Lipinski definition) is 0. The largest absolute Gasteiger partial charge is 0.462 e. The molecule has 30 heavy (non-hydrogen) atoms. The number of aromatic nitrogens is 3. The van der Waals surface area contributed by atoms with Crippen LogP contribution in [0.5, 0.6) is 0 Å².